The zero-order valence-electron chi connectivity index (χ0n) is 13.0. The second-order valence-corrected chi connectivity index (χ2v) is 6.66. The Morgan fingerprint density at radius 3 is 2.45 bits per heavy atom. The van der Waals surface area contributed by atoms with Gasteiger partial charge in [0.2, 0.25) is 11.8 Å². The standard InChI is InChI=1S/C16H26N2O2/c1-11(2)7-10-18-14(19)13(12(3)4)17-15(20)16(18)8-5-6-9-16/h7,12-13H,5-6,8-10H2,1-4H3,(H,17,20). The van der Waals surface area contributed by atoms with Crippen molar-refractivity contribution in [2.45, 2.75) is 65.0 Å². The lowest BCUT2D eigenvalue weighted by Crippen LogP contribution is -2.70. The summed E-state index contributed by atoms with van der Waals surface area (Å²) in [6.07, 6.45) is 5.70. The number of nitrogens with one attached hydrogen (secondary N) is 1. The second kappa shape index (κ2) is 5.58. The van der Waals surface area contributed by atoms with E-state index in [1.54, 1.807) is 0 Å². The molecule has 0 radical (unpaired) electrons. The number of nitrogens with zero attached hydrogens (tertiary/aromatic N) is 1. The fourth-order valence-electron chi connectivity index (χ4n) is 3.29. The van der Waals surface area contributed by atoms with E-state index in [0.717, 1.165) is 25.7 Å². The van der Waals surface area contributed by atoms with E-state index in [0.29, 0.717) is 6.54 Å². The Morgan fingerprint density at radius 1 is 1.35 bits per heavy atom. The van der Waals surface area contributed by atoms with Crippen LogP contribution in [0.25, 0.3) is 0 Å². The van der Waals surface area contributed by atoms with Crippen molar-refractivity contribution in [3.63, 3.8) is 0 Å². The highest BCUT2D eigenvalue weighted by Crippen LogP contribution is 2.38. The van der Waals surface area contributed by atoms with E-state index in [-0.39, 0.29) is 23.8 Å². The van der Waals surface area contributed by atoms with Crippen LogP contribution in [0.1, 0.15) is 53.4 Å². The number of allylic oxidation sites excluding steroid dienone is 1. The molecule has 1 saturated heterocycles. The molecule has 1 aliphatic carbocycles. The van der Waals surface area contributed by atoms with Crippen LogP contribution in [0.3, 0.4) is 0 Å². The Hall–Kier alpha value is -1.32. The SMILES string of the molecule is CC(C)=CCN1C(=O)C(C(C)C)NC(=O)C12CCCC2. The molecule has 1 unspecified atom stereocenters. The summed E-state index contributed by atoms with van der Waals surface area (Å²) >= 11 is 0. The predicted octanol–water partition coefficient (Wildman–Crippen LogP) is 2.25. The molecule has 0 aromatic rings. The molecule has 1 N–H and O–H groups in total. The van der Waals surface area contributed by atoms with Gasteiger partial charge in [-0.05, 0) is 32.6 Å². The summed E-state index contributed by atoms with van der Waals surface area (Å²) in [6, 6.07) is -0.376. The quantitative estimate of drug-likeness (QED) is 0.805. The summed E-state index contributed by atoms with van der Waals surface area (Å²) in [4.78, 5) is 27.2. The lowest BCUT2D eigenvalue weighted by Gasteiger charge is -2.47. The minimum atomic E-state index is -0.589. The first-order valence-corrected chi connectivity index (χ1v) is 7.64. The first-order chi connectivity index (χ1) is 9.38. The van der Waals surface area contributed by atoms with E-state index >= 15 is 0 Å². The Labute approximate surface area is 121 Å². The molecule has 4 nitrogen and oxygen atoms in total. The maximum Gasteiger partial charge on any atom is 0.246 e. The summed E-state index contributed by atoms with van der Waals surface area (Å²) in [5, 5.41) is 2.97. The molecule has 0 aromatic carbocycles. The predicted molar refractivity (Wildman–Crippen MR) is 79.1 cm³/mol. The maximum absolute atomic E-state index is 12.8. The average Bonchev–Trinajstić information content (AvgIpc) is 2.83. The van der Waals surface area contributed by atoms with Crippen LogP contribution in [0.4, 0.5) is 0 Å². The second-order valence-electron chi connectivity index (χ2n) is 6.66. The Bertz CT molecular complexity index is 430. The van der Waals surface area contributed by atoms with Crippen LogP contribution in [-0.2, 0) is 9.59 Å². The van der Waals surface area contributed by atoms with Gasteiger partial charge in [0.1, 0.15) is 11.6 Å². The molecular weight excluding hydrogens is 252 g/mol. The Kier molecular flexibility index (Phi) is 4.21. The molecule has 2 rings (SSSR count). The monoisotopic (exact) mass is 278 g/mol. The van der Waals surface area contributed by atoms with Gasteiger partial charge in [0.05, 0.1) is 0 Å². The number of hydrogen-bond acceptors (Lipinski definition) is 2. The molecule has 20 heavy (non-hydrogen) atoms. The van der Waals surface area contributed by atoms with E-state index in [1.807, 2.05) is 38.7 Å². The molecular formula is C16H26N2O2. The Balaban J connectivity index is 2.33. The van der Waals surface area contributed by atoms with Gasteiger partial charge in [-0.15, -0.1) is 0 Å². The third kappa shape index (κ3) is 2.48. The van der Waals surface area contributed by atoms with Crippen LogP contribution >= 0.6 is 0 Å². The van der Waals surface area contributed by atoms with Crippen molar-refractivity contribution in [2.24, 2.45) is 5.92 Å². The fraction of sp³-hybridized carbons (Fsp3) is 0.750. The van der Waals surface area contributed by atoms with Crippen molar-refractivity contribution in [3.8, 4) is 0 Å². The van der Waals surface area contributed by atoms with Crippen LogP contribution in [0.2, 0.25) is 0 Å². The van der Waals surface area contributed by atoms with Gasteiger partial charge < -0.3 is 10.2 Å². The van der Waals surface area contributed by atoms with E-state index in [4.69, 9.17) is 0 Å². The molecule has 2 amide bonds. The van der Waals surface area contributed by atoms with Crippen LogP contribution < -0.4 is 5.32 Å². The summed E-state index contributed by atoms with van der Waals surface area (Å²) in [5.74, 6) is 0.258. The summed E-state index contributed by atoms with van der Waals surface area (Å²) in [5.41, 5.74) is 0.590. The first kappa shape index (κ1) is 15.1. The molecule has 4 heteroatoms. The lowest BCUT2D eigenvalue weighted by molar-refractivity contribution is -0.157. The molecule has 2 fully saturated rings. The van der Waals surface area contributed by atoms with Crippen LogP contribution in [0, 0.1) is 5.92 Å². The number of piperazine rings is 1. The average molecular weight is 278 g/mol. The normalized spacial score (nSPS) is 25.2. The minimum Gasteiger partial charge on any atom is -0.342 e. The van der Waals surface area contributed by atoms with Crippen molar-refractivity contribution in [1.82, 2.24) is 10.2 Å². The smallest absolute Gasteiger partial charge is 0.246 e. The zero-order valence-corrected chi connectivity index (χ0v) is 13.0. The minimum absolute atomic E-state index is 0.0513. The molecule has 1 atom stereocenters. The van der Waals surface area contributed by atoms with E-state index in [2.05, 4.69) is 5.32 Å². The highest BCUT2D eigenvalue weighted by atomic mass is 16.2. The topological polar surface area (TPSA) is 49.4 Å². The van der Waals surface area contributed by atoms with Gasteiger partial charge in [-0.3, -0.25) is 9.59 Å². The molecule has 1 heterocycles. The maximum atomic E-state index is 12.8. The molecule has 2 aliphatic rings. The third-order valence-electron chi connectivity index (χ3n) is 4.54. The van der Waals surface area contributed by atoms with Crippen molar-refractivity contribution in [3.05, 3.63) is 11.6 Å². The van der Waals surface area contributed by atoms with Gasteiger partial charge in [-0.1, -0.05) is 38.3 Å². The number of hydrogen-bond donors (Lipinski definition) is 1. The molecule has 0 aromatic heterocycles. The van der Waals surface area contributed by atoms with Crippen molar-refractivity contribution >= 4 is 11.8 Å². The number of rotatable bonds is 3. The Morgan fingerprint density at radius 2 is 1.95 bits per heavy atom. The van der Waals surface area contributed by atoms with Crippen LogP contribution in [-0.4, -0.2) is 34.8 Å². The molecule has 0 bridgehead atoms. The van der Waals surface area contributed by atoms with Crippen molar-refractivity contribution < 1.29 is 9.59 Å². The number of amides is 2. The van der Waals surface area contributed by atoms with Crippen LogP contribution in [0.15, 0.2) is 11.6 Å². The zero-order chi connectivity index (χ0) is 14.9. The number of carbonyl (C=O) groups is 2. The number of carbonyl (C=O) groups excluding carboxylic acids is 2. The molecule has 112 valence electrons. The largest absolute Gasteiger partial charge is 0.342 e. The van der Waals surface area contributed by atoms with E-state index < -0.39 is 5.54 Å². The highest BCUT2D eigenvalue weighted by Gasteiger charge is 2.53. The first-order valence-electron chi connectivity index (χ1n) is 7.64. The molecule has 1 aliphatic heterocycles. The lowest BCUT2D eigenvalue weighted by atomic mass is 9.87. The van der Waals surface area contributed by atoms with Crippen molar-refractivity contribution in [2.75, 3.05) is 6.54 Å². The molecule has 1 saturated carbocycles. The summed E-state index contributed by atoms with van der Waals surface area (Å²) in [6.45, 7) is 8.56. The van der Waals surface area contributed by atoms with Gasteiger partial charge in [0, 0.05) is 6.54 Å². The fourth-order valence-corrected chi connectivity index (χ4v) is 3.29. The van der Waals surface area contributed by atoms with Gasteiger partial charge in [-0.25, -0.2) is 0 Å². The highest BCUT2D eigenvalue weighted by molar-refractivity contribution is 6.00. The van der Waals surface area contributed by atoms with Gasteiger partial charge in [0.15, 0.2) is 0 Å². The molecule has 1 spiro atoms. The summed E-state index contributed by atoms with van der Waals surface area (Å²) < 4.78 is 0. The summed E-state index contributed by atoms with van der Waals surface area (Å²) in [7, 11) is 0. The van der Waals surface area contributed by atoms with Gasteiger partial charge in [0.25, 0.3) is 0 Å². The van der Waals surface area contributed by atoms with E-state index in [9.17, 15) is 9.59 Å². The van der Waals surface area contributed by atoms with Gasteiger partial charge >= 0.3 is 0 Å². The van der Waals surface area contributed by atoms with Crippen LogP contribution in [0.5, 0.6) is 0 Å². The third-order valence-corrected chi connectivity index (χ3v) is 4.54. The van der Waals surface area contributed by atoms with Gasteiger partial charge in [-0.2, -0.15) is 0 Å². The van der Waals surface area contributed by atoms with Crippen molar-refractivity contribution in [1.29, 1.82) is 0 Å². The van der Waals surface area contributed by atoms with E-state index in [1.165, 1.54) is 5.57 Å².